The number of imidazole rings is 1. The first kappa shape index (κ1) is 16.7. The van der Waals surface area contributed by atoms with Crippen LogP contribution in [0.3, 0.4) is 0 Å². The molecule has 26 heavy (non-hydrogen) atoms. The van der Waals surface area contributed by atoms with E-state index in [9.17, 15) is 9.59 Å². The molecule has 2 aliphatic heterocycles. The van der Waals surface area contributed by atoms with Crippen LogP contribution in [0.5, 0.6) is 0 Å². The number of amides is 2. The molecule has 8 heteroatoms. The fourth-order valence-corrected chi connectivity index (χ4v) is 4.06. The Bertz CT molecular complexity index is 763. The van der Waals surface area contributed by atoms with Crippen molar-refractivity contribution in [1.29, 1.82) is 0 Å². The average molecular weight is 354 g/mol. The normalized spacial score (nSPS) is 23.0. The summed E-state index contributed by atoms with van der Waals surface area (Å²) >= 11 is 0. The Morgan fingerprint density at radius 2 is 2.15 bits per heavy atom. The molecule has 0 saturated carbocycles. The molecule has 2 aromatic rings. The zero-order valence-electron chi connectivity index (χ0n) is 14.5. The van der Waals surface area contributed by atoms with Crippen LogP contribution in [0.2, 0.25) is 0 Å². The van der Waals surface area contributed by atoms with E-state index in [0.717, 1.165) is 25.0 Å². The zero-order valence-corrected chi connectivity index (χ0v) is 14.5. The molecular weight excluding hydrogens is 332 g/mol. The number of fused-ring (bicyclic) bond motifs is 1. The summed E-state index contributed by atoms with van der Waals surface area (Å²) in [5.74, 6) is 0.473. The summed E-state index contributed by atoms with van der Waals surface area (Å²) in [6.45, 7) is 2.01. The number of likely N-dealkylation sites (tertiary alicyclic amines) is 2. The minimum absolute atomic E-state index is 0.0718. The van der Waals surface area contributed by atoms with Crippen LogP contribution in [0.25, 0.3) is 0 Å². The number of aromatic amines is 1. The highest BCUT2D eigenvalue weighted by atomic mass is 16.2. The first-order valence-corrected chi connectivity index (χ1v) is 9.04. The van der Waals surface area contributed by atoms with Gasteiger partial charge in [0.1, 0.15) is 5.69 Å². The molecule has 1 N–H and O–H groups in total. The molecule has 136 valence electrons. The Labute approximate surface area is 151 Å². The van der Waals surface area contributed by atoms with Gasteiger partial charge in [-0.2, -0.15) is 0 Å². The van der Waals surface area contributed by atoms with Gasteiger partial charge < -0.3 is 14.8 Å². The third kappa shape index (κ3) is 3.31. The van der Waals surface area contributed by atoms with Crippen molar-refractivity contribution in [1.82, 2.24) is 29.7 Å². The molecule has 2 saturated heterocycles. The number of piperidine rings is 2. The lowest BCUT2D eigenvalue weighted by atomic mass is 9.83. The molecule has 0 aromatic carbocycles. The predicted octanol–water partition coefficient (Wildman–Crippen LogP) is 0.895. The van der Waals surface area contributed by atoms with E-state index in [0.29, 0.717) is 37.7 Å². The molecule has 0 radical (unpaired) electrons. The van der Waals surface area contributed by atoms with Crippen LogP contribution in [0.1, 0.15) is 35.4 Å². The highest BCUT2D eigenvalue weighted by molar-refractivity contribution is 5.92. The number of carbonyl (C=O) groups is 2. The first-order chi connectivity index (χ1) is 12.7. The maximum atomic E-state index is 12.6. The number of hydrogen-bond donors (Lipinski definition) is 1. The number of nitrogens with one attached hydrogen (secondary N) is 1. The van der Waals surface area contributed by atoms with Crippen LogP contribution in [0.4, 0.5) is 0 Å². The van der Waals surface area contributed by atoms with Crippen molar-refractivity contribution >= 4 is 11.8 Å². The lowest BCUT2D eigenvalue weighted by Gasteiger charge is -2.47. The molecule has 8 nitrogen and oxygen atoms in total. The van der Waals surface area contributed by atoms with Crippen molar-refractivity contribution in [3.05, 3.63) is 42.5 Å². The van der Waals surface area contributed by atoms with Gasteiger partial charge in [0.05, 0.1) is 12.5 Å². The summed E-state index contributed by atoms with van der Waals surface area (Å²) in [7, 11) is 0. The molecule has 2 aromatic heterocycles. The van der Waals surface area contributed by atoms with E-state index >= 15 is 0 Å². The first-order valence-electron chi connectivity index (χ1n) is 9.04. The third-order valence-corrected chi connectivity index (χ3v) is 5.39. The second-order valence-corrected chi connectivity index (χ2v) is 6.91. The number of carbonyl (C=O) groups excluding carboxylic acids is 2. The van der Waals surface area contributed by atoms with E-state index in [2.05, 4.69) is 19.9 Å². The Kier molecular flexibility index (Phi) is 4.64. The topological polar surface area (TPSA) is 95.1 Å². The van der Waals surface area contributed by atoms with Gasteiger partial charge in [-0.05, 0) is 18.8 Å². The molecule has 2 fully saturated rings. The van der Waals surface area contributed by atoms with E-state index in [1.165, 1.54) is 12.4 Å². The van der Waals surface area contributed by atoms with Gasteiger partial charge in [0.15, 0.2) is 0 Å². The van der Waals surface area contributed by atoms with Gasteiger partial charge >= 0.3 is 0 Å². The monoisotopic (exact) mass is 354 g/mol. The summed E-state index contributed by atoms with van der Waals surface area (Å²) in [4.78, 5) is 44.2. The van der Waals surface area contributed by atoms with Crippen LogP contribution in [-0.2, 0) is 11.2 Å². The van der Waals surface area contributed by atoms with Crippen molar-refractivity contribution in [2.75, 3.05) is 19.6 Å². The molecule has 2 atom stereocenters. The largest absolute Gasteiger partial charge is 0.348 e. The van der Waals surface area contributed by atoms with Gasteiger partial charge in [0.2, 0.25) is 5.91 Å². The van der Waals surface area contributed by atoms with Crippen molar-refractivity contribution in [3.8, 4) is 0 Å². The van der Waals surface area contributed by atoms with Crippen LogP contribution >= 0.6 is 0 Å². The fraction of sp³-hybridized carbons (Fsp3) is 0.500. The number of H-pyrrole nitrogens is 1. The number of aromatic nitrogens is 4. The van der Waals surface area contributed by atoms with E-state index in [-0.39, 0.29) is 17.9 Å². The van der Waals surface area contributed by atoms with Gasteiger partial charge in [-0.3, -0.25) is 14.6 Å². The van der Waals surface area contributed by atoms with Crippen molar-refractivity contribution in [3.63, 3.8) is 0 Å². The maximum Gasteiger partial charge on any atom is 0.274 e. The van der Waals surface area contributed by atoms with Crippen molar-refractivity contribution in [2.24, 2.45) is 5.92 Å². The van der Waals surface area contributed by atoms with E-state index in [4.69, 9.17) is 0 Å². The number of rotatable bonds is 4. The minimum Gasteiger partial charge on any atom is -0.348 e. The molecular formula is C18H22N6O2. The maximum absolute atomic E-state index is 12.6. The average Bonchev–Trinajstić information content (AvgIpc) is 3.20. The zero-order chi connectivity index (χ0) is 17.9. The number of hydrogen-bond acceptors (Lipinski definition) is 5. The minimum atomic E-state index is -0.0718. The van der Waals surface area contributed by atoms with E-state index in [1.807, 2.05) is 9.80 Å². The quantitative estimate of drug-likeness (QED) is 0.880. The third-order valence-electron chi connectivity index (χ3n) is 5.39. The van der Waals surface area contributed by atoms with Crippen molar-refractivity contribution in [2.45, 2.75) is 31.7 Å². The molecule has 4 rings (SSSR count). The lowest BCUT2D eigenvalue weighted by Crippen LogP contribution is -2.57. The SMILES string of the molecule is O=C(c1cnccn1)N1CC[C@@H]2[C@@H](CCC(=O)N2CCc2cnc[nH]2)C1. The summed E-state index contributed by atoms with van der Waals surface area (Å²) in [6, 6.07) is 0.213. The Morgan fingerprint density at radius 1 is 1.23 bits per heavy atom. The van der Waals surface area contributed by atoms with Gasteiger partial charge in [0, 0.05) is 62.8 Å². The van der Waals surface area contributed by atoms with Crippen LogP contribution in [-0.4, -0.2) is 67.2 Å². The molecule has 2 aliphatic rings. The Morgan fingerprint density at radius 3 is 2.92 bits per heavy atom. The molecule has 4 heterocycles. The second-order valence-electron chi connectivity index (χ2n) is 6.91. The Balaban J connectivity index is 1.41. The van der Waals surface area contributed by atoms with Gasteiger partial charge in [-0.1, -0.05) is 0 Å². The van der Waals surface area contributed by atoms with Crippen LogP contribution < -0.4 is 0 Å². The molecule has 0 aliphatic carbocycles. The highest BCUT2D eigenvalue weighted by Gasteiger charge is 2.40. The van der Waals surface area contributed by atoms with Crippen molar-refractivity contribution < 1.29 is 9.59 Å². The summed E-state index contributed by atoms with van der Waals surface area (Å²) < 4.78 is 0. The molecule has 0 bridgehead atoms. The smallest absolute Gasteiger partial charge is 0.274 e. The number of nitrogens with zero attached hydrogens (tertiary/aromatic N) is 5. The molecule has 0 unspecified atom stereocenters. The van der Waals surface area contributed by atoms with Gasteiger partial charge in [-0.15, -0.1) is 0 Å². The van der Waals surface area contributed by atoms with Crippen LogP contribution in [0, 0.1) is 5.92 Å². The van der Waals surface area contributed by atoms with Gasteiger partial charge in [0.25, 0.3) is 5.91 Å². The molecule has 0 spiro atoms. The summed E-state index contributed by atoms with van der Waals surface area (Å²) in [6.07, 6.45) is 11.0. The van der Waals surface area contributed by atoms with Crippen LogP contribution in [0.15, 0.2) is 31.1 Å². The summed E-state index contributed by atoms with van der Waals surface area (Å²) in [5, 5.41) is 0. The highest BCUT2D eigenvalue weighted by Crippen LogP contribution is 2.31. The van der Waals surface area contributed by atoms with E-state index in [1.54, 1.807) is 18.7 Å². The predicted molar refractivity (Wildman–Crippen MR) is 93.1 cm³/mol. The second kappa shape index (κ2) is 7.23. The Hall–Kier alpha value is -2.77. The lowest BCUT2D eigenvalue weighted by molar-refractivity contribution is -0.140. The summed E-state index contributed by atoms with van der Waals surface area (Å²) in [5.41, 5.74) is 1.42. The molecule has 2 amide bonds. The standard InChI is InChI=1S/C18H22N6O2/c25-17-2-1-13-11-23(18(26)15-10-19-5-6-21-15)7-4-16(13)24(17)8-3-14-9-20-12-22-14/h5-6,9-10,12-13,16H,1-4,7-8,11H2,(H,20,22)/t13-,16+/m0/s1. The fourth-order valence-electron chi connectivity index (χ4n) is 4.06. The van der Waals surface area contributed by atoms with E-state index < -0.39 is 0 Å². The van der Waals surface area contributed by atoms with Gasteiger partial charge in [-0.25, -0.2) is 9.97 Å².